The third-order valence-electron chi connectivity index (χ3n) is 0.631. The van der Waals surface area contributed by atoms with E-state index in [9.17, 15) is 0 Å². The molecule has 1 heterocycles. The van der Waals surface area contributed by atoms with E-state index in [1.54, 1.807) is 6.20 Å². The molecule has 1 radical (unpaired) electrons. The molecule has 0 bridgehead atoms. The first-order chi connectivity index (χ1) is 3.79. The van der Waals surface area contributed by atoms with E-state index in [1.807, 2.05) is 6.07 Å². The van der Waals surface area contributed by atoms with Crippen LogP contribution in [0.1, 0.15) is 0 Å². The van der Waals surface area contributed by atoms with Crippen LogP contribution in [0.3, 0.4) is 0 Å². The summed E-state index contributed by atoms with van der Waals surface area (Å²) in [5.74, 6) is 0. The van der Waals surface area contributed by atoms with Crippen molar-refractivity contribution in [3.63, 3.8) is 0 Å². The number of pyridine rings is 1. The lowest BCUT2D eigenvalue weighted by Gasteiger charge is -1.85. The van der Waals surface area contributed by atoms with Gasteiger partial charge in [-0.25, -0.2) is 4.98 Å². The maximum absolute atomic E-state index is 3.87. The van der Waals surface area contributed by atoms with Gasteiger partial charge in [-0.3, -0.25) is 0 Å². The normalized spacial score (nSPS) is 9.25. The standard InChI is InChI=1S/C5H2Br2N/c6-4-1-2-8-5(7)3-4/h1-2H. The second kappa shape index (κ2) is 2.60. The zero-order valence-corrected chi connectivity index (χ0v) is 7.03. The van der Waals surface area contributed by atoms with Crippen LogP contribution >= 0.6 is 31.9 Å². The van der Waals surface area contributed by atoms with E-state index in [-0.39, 0.29) is 0 Å². The number of hydrogen-bond acceptors (Lipinski definition) is 1. The van der Waals surface area contributed by atoms with Crippen molar-refractivity contribution in [2.45, 2.75) is 0 Å². The Labute approximate surface area is 64.4 Å². The molecule has 0 amide bonds. The van der Waals surface area contributed by atoms with Gasteiger partial charge in [-0.1, -0.05) is 0 Å². The average Bonchev–Trinajstić information content (AvgIpc) is 1.64. The molecule has 0 aliphatic carbocycles. The maximum atomic E-state index is 3.87. The lowest BCUT2D eigenvalue weighted by molar-refractivity contribution is 1.26. The molecule has 1 aromatic heterocycles. The highest BCUT2D eigenvalue weighted by Gasteiger charge is 1.86. The molecule has 0 atom stereocenters. The summed E-state index contributed by atoms with van der Waals surface area (Å²) in [6, 6.07) is 4.72. The Kier molecular flexibility index (Phi) is 2.02. The van der Waals surface area contributed by atoms with Crippen LogP contribution in [0, 0.1) is 6.07 Å². The summed E-state index contributed by atoms with van der Waals surface area (Å²) in [7, 11) is 0. The third-order valence-corrected chi connectivity index (χ3v) is 1.50. The number of aromatic nitrogens is 1. The van der Waals surface area contributed by atoms with E-state index in [0.29, 0.717) is 0 Å². The smallest absolute Gasteiger partial charge is 0.115 e. The lowest BCUT2D eigenvalue weighted by atomic mass is 10.5. The summed E-state index contributed by atoms with van der Waals surface area (Å²) in [6.07, 6.45) is 1.70. The molecule has 3 heteroatoms. The molecule has 0 saturated heterocycles. The number of hydrogen-bond donors (Lipinski definition) is 0. The van der Waals surface area contributed by atoms with Gasteiger partial charge in [0, 0.05) is 16.7 Å². The molecule has 0 saturated carbocycles. The first kappa shape index (κ1) is 6.23. The Bertz CT molecular complexity index is 170. The molecule has 0 aromatic carbocycles. The van der Waals surface area contributed by atoms with Gasteiger partial charge in [0.1, 0.15) is 4.60 Å². The number of nitrogens with zero attached hydrogens (tertiary/aromatic N) is 1. The predicted molar refractivity (Wildman–Crippen MR) is 38.5 cm³/mol. The van der Waals surface area contributed by atoms with Crippen LogP contribution < -0.4 is 0 Å². The van der Waals surface area contributed by atoms with Gasteiger partial charge in [-0.05, 0) is 37.9 Å². The second-order valence-electron chi connectivity index (χ2n) is 1.21. The van der Waals surface area contributed by atoms with Crippen molar-refractivity contribution >= 4 is 31.9 Å². The summed E-state index contributed by atoms with van der Waals surface area (Å²) >= 11 is 6.40. The molecular formula is C5H2Br2N. The summed E-state index contributed by atoms with van der Waals surface area (Å²) in [5, 5.41) is 0. The number of rotatable bonds is 0. The van der Waals surface area contributed by atoms with Gasteiger partial charge >= 0.3 is 0 Å². The largest absolute Gasteiger partial charge is 0.249 e. The van der Waals surface area contributed by atoms with Gasteiger partial charge in [0.25, 0.3) is 0 Å². The second-order valence-corrected chi connectivity index (χ2v) is 2.81. The molecule has 1 rings (SSSR count). The maximum Gasteiger partial charge on any atom is 0.115 e. The van der Waals surface area contributed by atoms with Gasteiger partial charge in [0.15, 0.2) is 0 Å². The van der Waals surface area contributed by atoms with Gasteiger partial charge < -0.3 is 0 Å². The summed E-state index contributed by atoms with van der Waals surface area (Å²) in [5.41, 5.74) is 0. The van der Waals surface area contributed by atoms with E-state index in [2.05, 4.69) is 42.9 Å². The van der Waals surface area contributed by atoms with E-state index < -0.39 is 0 Å². The van der Waals surface area contributed by atoms with Crippen LogP contribution in [0.25, 0.3) is 0 Å². The van der Waals surface area contributed by atoms with Crippen LogP contribution in [-0.2, 0) is 0 Å². The average molecular weight is 236 g/mol. The van der Waals surface area contributed by atoms with Crippen molar-refractivity contribution in [1.82, 2.24) is 4.98 Å². The topological polar surface area (TPSA) is 12.9 Å². The Morgan fingerprint density at radius 1 is 1.50 bits per heavy atom. The van der Waals surface area contributed by atoms with E-state index >= 15 is 0 Å². The molecule has 0 spiro atoms. The lowest BCUT2D eigenvalue weighted by Crippen LogP contribution is -1.71. The first-order valence-electron chi connectivity index (χ1n) is 1.98. The van der Waals surface area contributed by atoms with Crippen LogP contribution in [0.4, 0.5) is 0 Å². The highest BCUT2D eigenvalue weighted by atomic mass is 79.9. The highest BCUT2D eigenvalue weighted by Crippen LogP contribution is 2.11. The quantitative estimate of drug-likeness (QED) is 0.630. The van der Waals surface area contributed by atoms with E-state index in [4.69, 9.17) is 0 Å². The Hall–Kier alpha value is 0.110. The molecule has 0 aliphatic heterocycles. The van der Waals surface area contributed by atoms with Crippen molar-refractivity contribution in [3.05, 3.63) is 27.4 Å². The fourth-order valence-corrected chi connectivity index (χ4v) is 1.24. The van der Waals surface area contributed by atoms with Gasteiger partial charge in [-0.15, -0.1) is 0 Å². The molecule has 1 aromatic rings. The summed E-state index contributed by atoms with van der Waals surface area (Å²) in [6.45, 7) is 0. The summed E-state index contributed by atoms with van der Waals surface area (Å²) in [4.78, 5) is 3.87. The molecule has 41 valence electrons. The molecule has 0 N–H and O–H groups in total. The van der Waals surface area contributed by atoms with Crippen LogP contribution in [0.15, 0.2) is 21.3 Å². The molecule has 0 fully saturated rings. The van der Waals surface area contributed by atoms with Crippen LogP contribution in [-0.4, -0.2) is 4.98 Å². The Morgan fingerprint density at radius 2 is 2.25 bits per heavy atom. The van der Waals surface area contributed by atoms with Crippen molar-refractivity contribution < 1.29 is 0 Å². The fraction of sp³-hybridized carbons (Fsp3) is 0. The molecule has 1 nitrogen and oxygen atoms in total. The van der Waals surface area contributed by atoms with Crippen LogP contribution in [0.2, 0.25) is 0 Å². The molecular weight excluding hydrogens is 234 g/mol. The van der Waals surface area contributed by atoms with Crippen molar-refractivity contribution in [3.8, 4) is 0 Å². The van der Waals surface area contributed by atoms with E-state index in [0.717, 1.165) is 9.08 Å². The highest BCUT2D eigenvalue weighted by molar-refractivity contribution is 9.11. The minimum absolute atomic E-state index is 0.729. The predicted octanol–water partition coefficient (Wildman–Crippen LogP) is 2.41. The van der Waals surface area contributed by atoms with E-state index in [1.165, 1.54) is 0 Å². The molecule has 0 unspecified atom stereocenters. The van der Waals surface area contributed by atoms with Crippen molar-refractivity contribution in [2.24, 2.45) is 0 Å². The van der Waals surface area contributed by atoms with Gasteiger partial charge in [0.05, 0.1) is 0 Å². The third kappa shape index (κ3) is 1.56. The van der Waals surface area contributed by atoms with Crippen molar-refractivity contribution in [2.75, 3.05) is 0 Å². The molecule has 8 heavy (non-hydrogen) atoms. The monoisotopic (exact) mass is 234 g/mol. The zero-order chi connectivity index (χ0) is 5.98. The Morgan fingerprint density at radius 3 is 2.62 bits per heavy atom. The van der Waals surface area contributed by atoms with Crippen LogP contribution in [0.5, 0.6) is 0 Å². The SMILES string of the molecule is Brc1[c]c(Br)ncc1. The Balaban J connectivity index is 3.08. The molecule has 0 aliphatic rings. The van der Waals surface area contributed by atoms with Crippen molar-refractivity contribution in [1.29, 1.82) is 0 Å². The number of halogens is 2. The van der Waals surface area contributed by atoms with Gasteiger partial charge in [0.2, 0.25) is 0 Å². The fourth-order valence-electron chi connectivity index (χ4n) is 0.341. The first-order valence-corrected chi connectivity index (χ1v) is 3.57. The summed E-state index contributed by atoms with van der Waals surface area (Å²) < 4.78 is 1.64. The minimum Gasteiger partial charge on any atom is -0.249 e. The van der Waals surface area contributed by atoms with Gasteiger partial charge in [-0.2, -0.15) is 0 Å². The zero-order valence-electron chi connectivity index (χ0n) is 3.86. The minimum atomic E-state index is 0.729.